The molecular formula is C18H24N2O2. The number of aromatic nitrogens is 1. The minimum Gasteiger partial charge on any atom is -0.349 e. The van der Waals surface area contributed by atoms with E-state index < -0.39 is 0 Å². The number of nitrogens with zero attached hydrogens (tertiary/aromatic N) is 1. The molecular weight excluding hydrogens is 276 g/mol. The molecule has 0 atom stereocenters. The van der Waals surface area contributed by atoms with Gasteiger partial charge in [0.15, 0.2) is 0 Å². The fraction of sp³-hybridized carbons (Fsp3) is 0.444. The van der Waals surface area contributed by atoms with Crippen LogP contribution >= 0.6 is 0 Å². The number of nitrogens with one attached hydrogen (secondary N) is 1. The van der Waals surface area contributed by atoms with E-state index in [1.165, 1.54) is 0 Å². The number of amides is 1. The molecule has 1 N–H and O–H groups in total. The number of rotatable bonds is 5. The second-order valence-electron chi connectivity index (χ2n) is 6.06. The second-order valence-corrected chi connectivity index (χ2v) is 6.06. The van der Waals surface area contributed by atoms with E-state index in [1.54, 1.807) is 4.57 Å². The number of aryl methyl sites for hydroxylation is 1. The Morgan fingerprint density at radius 3 is 2.64 bits per heavy atom. The average molecular weight is 300 g/mol. The maximum Gasteiger partial charge on any atom is 0.268 e. The molecule has 2 aromatic rings. The molecule has 0 saturated carbocycles. The van der Waals surface area contributed by atoms with Crippen LogP contribution in [0.2, 0.25) is 0 Å². The van der Waals surface area contributed by atoms with Gasteiger partial charge in [0.25, 0.3) is 11.5 Å². The molecule has 1 aromatic carbocycles. The number of carbonyl (C=O) groups is 1. The normalized spacial score (nSPS) is 11.1. The summed E-state index contributed by atoms with van der Waals surface area (Å²) >= 11 is 0. The van der Waals surface area contributed by atoms with Crippen molar-refractivity contribution in [1.29, 1.82) is 0 Å². The van der Waals surface area contributed by atoms with Crippen LogP contribution in [0.5, 0.6) is 0 Å². The Kier molecular flexibility index (Phi) is 5.01. The molecule has 22 heavy (non-hydrogen) atoms. The molecule has 118 valence electrons. The summed E-state index contributed by atoms with van der Waals surface area (Å²) in [5.74, 6) is -0.189. The zero-order valence-corrected chi connectivity index (χ0v) is 13.8. The Bertz CT molecular complexity index is 745. The first kappa shape index (κ1) is 16.3. The summed E-state index contributed by atoms with van der Waals surface area (Å²) < 4.78 is 1.61. The van der Waals surface area contributed by atoms with E-state index in [9.17, 15) is 9.59 Å². The van der Waals surface area contributed by atoms with Gasteiger partial charge in [-0.1, -0.05) is 31.0 Å². The number of hydrogen-bond acceptors (Lipinski definition) is 2. The lowest BCUT2D eigenvalue weighted by Gasteiger charge is -2.16. The fourth-order valence-electron chi connectivity index (χ4n) is 2.52. The molecule has 2 rings (SSSR count). The zero-order valence-electron chi connectivity index (χ0n) is 13.8. The van der Waals surface area contributed by atoms with Crippen molar-refractivity contribution >= 4 is 16.7 Å². The molecule has 0 aliphatic rings. The van der Waals surface area contributed by atoms with Gasteiger partial charge in [-0.3, -0.25) is 9.59 Å². The van der Waals surface area contributed by atoms with Crippen LogP contribution in [0.1, 0.15) is 49.7 Å². The van der Waals surface area contributed by atoms with E-state index in [2.05, 4.69) is 12.2 Å². The largest absolute Gasteiger partial charge is 0.349 e. The Labute approximate surface area is 131 Å². The third-order valence-electron chi connectivity index (χ3n) is 3.66. The van der Waals surface area contributed by atoms with Crippen molar-refractivity contribution in [2.75, 3.05) is 0 Å². The van der Waals surface area contributed by atoms with Crippen molar-refractivity contribution in [1.82, 2.24) is 9.88 Å². The van der Waals surface area contributed by atoms with E-state index in [0.717, 1.165) is 23.8 Å². The Hall–Kier alpha value is -2.10. The molecule has 4 heteroatoms. The first-order valence-corrected chi connectivity index (χ1v) is 7.89. The van der Waals surface area contributed by atoms with Crippen molar-refractivity contribution in [3.8, 4) is 0 Å². The van der Waals surface area contributed by atoms with Gasteiger partial charge in [-0.05, 0) is 44.7 Å². The lowest BCUT2D eigenvalue weighted by atomic mass is 10.1. The van der Waals surface area contributed by atoms with E-state index in [1.807, 2.05) is 45.0 Å². The van der Waals surface area contributed by atoms with Gasteiger partial charge < -0.3 is 9.88 Å². The molecule has 0 aliphatic carbocycles. The molecule has 1 aromatic heterocycles. The molecule has 1 amide bonds. The second kappa shape index (κ2) is 6.77. The average Bonchev–Trinajstić information content (AvgIpc) is 2.46. The summed E-state index contributed by atoms with van der Waals surface area (Å²) in [4.78, 5) is 25.2. The van der Waals surface area contributed by atoms with Crippen LogP contribution < -0.4 is 10.9 Å². The topological polar surface area (TPSA) is 51.1 Å². The Balaban J connectivity index is 2.64. The molecule has 0 aliphatic heterocycles. The Morgan fingerprint density at radius 2 is 2.00 bits per heavy atom. The van der Waals surface area contributed by atoms with E-state index in [4.69, 9.17) is 0 Å². The number of unbranched alkanes of at least 4 members (excludes halogenated alkanes) is 1. The van der Waals surface area contributed by atoms with E-state index in [-0.39, 0.29) is 17.5 Å². The monoisotopic (exact) mass is 300 g/mol. The summed E-state index contributed by atoms with van der Waals surface area (Å²) in [6.45, 7) is 8.44. The molecule has 0 radical (unpaired) electrons. The molecule has 0 unspecified atom stereocenters. The van der Waals surface area contributed by atoms with E-state index in [0.29, 0.717) is 17.6 Å². The van der Waals surface area contributed by atoms with Crippen LogP contribution in [-0.2, 0) is 6.54 Å². The highest BCUT2D eigenvalue weighted by atomic mass is 16.2. The van der Waals surface area contributed by atoms with Gasteiger partial charge in [-0.25, -0.2) is 0 Å². The molecule has 0 fully saturated rings. The highest BCUT2D eigenvalue weighted by molar-refractivity contribution is 5.96. The summed E-state index contributed by atoms with van der Waals surface area (Å²) in [7, 11) is 0. The van der Waals surface area contributed by atoms with Crippen LogP contribution in [0.15, 0.2) is 29.1 Å². The summed E-state index contributed by atoms with van der Waals surface area (Å²) in [6.07, 6.45) is 1.85. The molecule has 4 nitrogen and oxygen atoms in total. The maximum absolute atomic E-state index is 12.8. The summed E-state index contributed by atoms with van der Waals surface area (Å²) in [5, 5.41) is 4.38. The predicted octanol–water partition coefficient (Wildman–Crippen LogP) is 3.25. The number of hydrogen-bond donors (Lipinski definition) is 1. The molecule has 1 heterocycles. The quantitative estimate of drug-likeness (QED) is 0.921. The van der Waals surface area contributed by atoms with Gasteiger partial charge in [0.05, 0.1) is 0 Å². The van der Waals surface area contributed by atoms with Crippen molar-refractivity contribution in [2.24, 2.45) is 0 Å². The van der Waals surface area contributed by atoms with Gasteiger partial charge in [0, 0.05) is 18.0 Å². The van der Waals surface area contributed by atoms with Crippen LogP contribution in [0, 0.1) is 6.92 Å². The highest BCUT2D eigenvalue weighted by Crippen LogP contribution is 2.15. The molecule has 0 spiro atoms. The number of pyridine rings is 1. The van der Waals surface area contributed by atoms with E-state index >= 15 is 0 Å². The van der Waals surface area contributed by atoms with Gasteiger partial charge in [-0.2, -0.15) is 0 Å². The molecule has 0 bridgehead atoms. The first-order chi connectivity index (χ1) is 10.4. The third kappa shape index (κ3) is 3.38. The minimum absolute atomic E-state index is 0.0379. The van der Waals surface area contributed by atoms with Crippen molar-refractivity contribution < 1.29 is 4.79 Å². The minimum atomic E-state index is -0.189. The molecule has 0 saturated heterocycles. The zero-order chi connectivity index (χ0) is 16.3. The highest BCUT2D eigenvalue weighted by Gasteiger charge is 2.16. The first-order valence-electron chi connectivity index (χ1n) is 7.89. The smallest absolute Gasteiger partial charge is 0.268 e. The lowest BCUT2D eigenvalue weighted by molar-refractivity contribution is 0.0932. The fourth-order valence-corrected chi connectivity index (χ4v) is 2.52. The van der Waals surface area contributed by atoms with Crippen molar-refractivity contribution in [2.45, 2.75) is 53.1 Å². The van der Waals surface area contributed by atoms with Crippen molar-refractivity contribution in [3.63, 3.8) is 0 Å². The summed E-state index contributed by atoms with van der Waals surface area (Å²) in [6, 6.07) is 7.62. The number of carbonyl (C=O) groups excluding carboxylic acids is 1. The van der Waals surface area contributed by atoms with Crippen LogP contribution in [-0.4, -0.2) is 16.5 Å². The standard InChI is InChI=1S/C18H24N2O2/c1-5-6-9-20-16(17(21)19-12(2)3)11-14-8-7-13(4)10-15(14)18(20)22/h7-8,10-12H,5-6,9H2,1-4H3,(H,19,21). The van der Waals surface area contributed by atoms with Gasteiger partial charge in [0.2, 0.25) is 0 Å². The van der Waals surface area contributed by atoms with Crippen LogP contribution in [0.3, 0.4) is 0 Å². The number of benzene rings is 1. The predicted molar refractivity (Wildman–Crippen MR) is 90.5 cm³/mol. The maximum atomic E-state index is 12.8. The number of fused-ring (bicyclic) bond motifs is 1. The van der Waals surface area contributed by atoms with Gasteiger partial charge in [-0.15, -0.1) is 0 Å². The van der Waals surface area contributed by atoms with Crippen LogP contribution in [0.4, 0.5) is 0 Å². The SMILES string of the molecule is CCCCn1c(C(=O)NC(C)C)cc2ccc(C)cc2c1=O. The summed E-state index contributed by atoms with van der Waals surface area (Å²) in [5.41, 5.74) is 1.41. The third-order valence-corrected chi connectivity index (χ3v) is 3.66. The van der Waals surface area contributed by atoms with Gasteiger partial charge >= 0.3 is 0 Å². The lowest BCUT2D eigenvalue weighted by Crippen LogP contribution is -2.35. The van der Waals surface area contributed by atoms with Crippen LogP contribution in [0.25, 0.3) is 10.8 Å². The Morgan fingerprint density at radius 1 is 1.27 bits per heavy atom. The van der Waals surface area contributed by atoms with Gasteiger partial charge in [0.1, 0.15) is 5.69 Å². The van der Waals surface area contributed by atoms with Crippen molar-refractivity contribution in [3.05, 3.63) is 45.9 Å².